The third kappa shape index (κ3) is 2.71. The predicted molar refractivity (Wildman–Crippen MR) is 114 cm³/mol. The fourth-order valence-corrected chi connectivity index (χ4v) is 5.70. The van der Waals surface area contributed by atoms with Crippen molar-refractivity contribution in [2.75, 3.05) is 5.32 Å². The lowest BCUT2D eigenvalue weighted by molar-refractivity contribution is 0.506. The number of rotatable bonds is 3. The van der Waals surface area contributed by atoms with E-state index in [2.05, 4.69) is 75.6 Å². The Hall–Kier alpha value is -2.13. The number of aromatic nitrogens is 1. The summed E-state index contributed by atoms with van der Waals surface area (Å²) >= 11 is 3.47. The Labute approximate surface area is 169 Å². The number of aryl methyl sites for hydroxylation is 3. The van der Waals surface area contributed by atoms with Crippen LogP contribution in [0.15, 0.2) is 59.2 Å². The van der Waals surface area contributed by atoms with Crippen molar-refractivity contribution in [2.24, 2.45) is 0 Å². The van der Waals surface area contributed by atoms with E-state index in [-0.39, 0.29) is 5.41 Å². The number of hydrogen-bond acceptors (Lipinski definition) is 2. The normalized spacial score (nSPS) is 19.9. The number of pyridine rings is 1. The van der Waals surface area contributed by atoms with Gasteiger partial charge >= 0.3 is 0 Å². The molecular weight excluding hydrogens is 396 g/mol. The van der Waals surface area contributed by atoms with Gasteiger partial charge in [-0.15, -0.1) is 0 Å². The third-order valence-electron chi connectivity index (χ3n) is 6.34. The minimum Gasteiger partial charge on any atom is -0.379 e. The molecule has 27 heavy (non-hydrogen) atoms. The second-order valence-corrected chi connectivity index (χ2v) is 8.65. The molecule has 3 heteroatoms. The summed E-state index contributed by atoms with van der Waals surface area (Å²) in [5, 5.41) is 3.71. The first-order chi connectivity index (χ1) is 13.2. The first-order valence-electron chi connectivity index (χ1n) is 9.74. The van der Waals surface area contributed by atoms with E-state index < -0.39 is 0 Å². The lowest BCUT2D eigenvalue weighted by Crippen LogP contribution is -2.24. The van der Waals surface area contributed by atoms with E-state index in [1.165, 1.54) is 48.1 Å². The molecule has 5 rings (SSSR count). The summed E-state index contributed by atoms with van der Waals surface area (Å²) in [5.74, 6) is 0. The molecule has 0 saturated carbocycles. The topological polar surface area (TPSA) is 24.9 Å². The maximum absolute atomic E-state index is 4.58. The minimum absolute atomic E-state index is 0.185. The lowest BCUT2D eigenvalue weighted by atomic mass is 9.74. The van der Waals surface area contributed by atoms with Crippen LogP contribution in [0.3, 0.4) is 0 Å². The van der Waals surface area contributed by atoms with Crippen molar-refractivity contribution in [3.05, 3.63) is 92.7 Å². The van der Waals surface area contributed by atoms with Crippen molar-refractivity contribution < 1.29 is 0 Å². The second-order valence-electron chi connectivity index (χ2n) is 7.84. The second kappa shape index (κ2) is 6.49. The standard InChI is InChI=1S/C24H23BrN2/c1-16-5-2-6-17-11-13-24(22(16)17)14-12-18-7-3-9-20(23(18)24)26-15-19-8-4-10-21(25)27-19/h2-10,26H,11-15H2,1H3/t24-/m1/s1. The molecule has 1 aromatic heterocycles. The van der Waals surface area contributed by atoms with Crippen LogP contribution < -0.4 is 5.32 Å². The highest BCUT2D eigenvalue weighted by Crippen LogP contribution is 2.55. The summed E-state index contributed by atoms with van der Waals surface area (Å²) in [6.45, 7) is 3.03. The van der Waals surface area contributed by atoms with E-state index in [1.54, 1.807) is 11.1 Å². The molecule has 3 aromatic rings. The summed E-state index contributed by atoms with van der Waals surface area (Å²) in [5.41, 5.74) is 10.2. The Morgan fingerprint density at radius 2 is 1.63 bits per heavy atom. The van der Waals surface area contributed by atoms with Crippen molar-refractivity contribution in [3.63, 3.8) is 0 Å². The number of anilines is 1. The fourth-order valence-electron chi connectivity index (χ4n) is 5.32. The lowest BCUT2D eigenvalue weighted by Gasteiger charge is -2.30. The number of nitrogens with zero attached hydrogens (tertiary/aromatic N) is 1. The molecule has 0 saturated heterocycles. The minimum atomic E-state index is 0.185. The van der Waals surface area contributed by atoms with E-state index in [1.807, 2.05) is 12.1 Å². The van der Waals surface area contributed by atoms with Gasteiger partial charge in [-0.3, -0.25) is 0 Å². The third-order valence-corrected chi connectivity index (χ3v) is 6.78. The molecule has 1 atom stereocenters. The van der Waals surface area contributed by atoms with Gasteiger partial charge in [-0.2, -0.15) is 0 Å². The van der Waals surface area contributed by atoms with Gasteiger partial charge < -0.3 is 5.32 Å². The molecule has 0 unspecified atom stereocenters. The maximum atomic E-state index is 4.58. The molecular formula is C24H23BrN2. The molecule has 1 heterocycles. The van der Waals surface area contributed by atoms with E-state index in [9.17, 15) is 0 Å². The Kier molecular flexibility index (Phi) is 4.08. The predicted octanol–water partition coefficient (Wildman–Crippen LogP) is 5.94. The Morgan fingerprint density at radius 3 is 2.41 bits per heavy atom. The number of hydrogen-bond donors (Lipinski definition) is 1. The maximum Gasteiger partial charge on any atom is 0.106 e. The molecule has 2 nitrogen and oxygen atoms in total. The molecule has 2 aromatic carbocycles. The van der Waals surface area contributed by atoms with Gasteiger partial charge in [-0.05, 0) is 94.6 Å². The quantitative estimate of drug-likeness (QED) is 0.532. The van der Waals surface area contributed by atoms with Gasteiger partial charge in [0.15, 0.2) is 0 Å². The molecule has 0 aliphatic heterocycles. The smallest absolute Gasteiger partial charge is 0.106 e. The summed E-state index contributed by atoms with van der Waals surface area (Å²) in [6, 6.07) is 19.7. The molecule has 0 fully saturated rings. The summed E-state index contributed by atoms with van der Waals surface area (Å²) in [6.07, 6.45) is 4.83. The van der Waals surface area contributed by atoms with Crippen LogP contribution in [0.25, 0.3) is 0 Å². The Bertz CT molecular complexity index is 1020. The zero-order valence-corrected chi connectivity index (χ0v) is 17.1. The monoisotopic (exact) mass is 418 g/mol. The molecule has 1 N–H and O–H groups in total. The first kappa shape index (κ1) is 17.0. The Morgan fingerprint density at radius 1 is 0.926 bits per heavy atom. The zero-order chi connectivity index (χ0) is 18.4. The van der Waals surface area contributed by atoms with Crippen LogP contribution in [-0.4, -0.2) is 4.98 Å². The van der Waals surface area contributed by atoms with Crippen LogP contribution in [0.1, 0.15) is 46.4 Å². The number of halogens is 1. The number of benzene rings is 2. The van der Waals surface area contributed by atoms with Gasteiger partial charge in [0.2, 0.25) is 0 Å². The summed E-state index contributed by atoms with van der Waals surface area (Å²) in [7, 11) is 0. The summed E-state index contributed by atoms with van der Waals surface area (Å²) in [4.78, 5) is 4.58. The molecule has 0 bridgehead atoms. The van der Waals surface area contributed by atoms with E-state index in [0.717, 1.165) is 16.8 Å². The van der Waals surface area contributed by atoms with Crippen molar-refractivity contribution in [3.8, 4) is 0 Å². The van der Waals surface area contributed by atoms with Gasteiger partial charge in [0, 0.05) is 11.1 Å². The van der Waals surface area contributed by atoms with Crippen molar-refractivity contribution in [1.29, 1.82) is 0 Å². The molecule has 0 amide bonds. The highest BCUT2D eigenvalue weighted by molar-refractivity contribution is 9.10. The number of nitrogens with one attached hydrogen (secondary N) is 1. The largest absolute Gasteiger partial charge is 0.379 e. The van der Waals surface area contributed by atoms with Crippen LogP contribution in [0.2, 0.25) is 0 Å². The van der Waals surface area contributed by atoms with E-state index in [4.69, 9.17) is 0 Å². The Balaban J connectivity index is 1.56. The zero-order valence-electron chi connectivity index (χ0n) is 15.6. The van der Waals surface area contributed by atoms with Gasteiger partial charge in [0.1, 0.15) is 4.60 Å². The highest BCUT2D eigenvalue weighted by atomic mass is 79.9. The van der Waals surface area contributed by atoms with Gasteiger partial charge in [0.25, 0.3) is 0 Å². The fraction of sp³-hybridized carbons (Fsp3) is 0.292. The molecule has 1 spiro atoms. The van der Waals surface area contributed by atoms with Crippen molar-refractivity contribution in [2.45, 2.75) is 44.6 Å². The van der Waals surface area contributed by atoms with Gasteiger partial charge in [-0.25, -0.2) is 4.98 Å². The highest BCUT2D eigenvalue weighted by Gasteiger charge is 2.46. The van der Waals surface area contributed by atoms with Gasteiger partial charge in [0.05, 0.1) is 12.2 Å². The average Bonchev–Trinajstić information content (AvgIpc) is 3.24. The average molecular weight is 419 g/mol. The molecule has 2 aliphatic carbocycles. The number of fused-ring (bicyclic) bond motifs is 4. The van der Waals surface area contributed by atoms with Crippen LogP contribution >= 0.6 is 15.9 Å². The molecule has 2 aliphatic rings. The van der Waals surface area contributed by atoms with Crippen molar-refractivity contribution >= 4 is 21.6 Å². The van der Waals surface area contributed by atoms with E-state index in [0.29, 0.717) is 0 Å². The van der Waals surface area contributed by atoms with Crippen molar-refractivity contribution in [1.82, 2.24) is 4.98 Å². The van der Waals surface area contributed by atoms with Crippen LogP contribution in [0, 0.1) is 6.92 Å². The van der Waals surface area contributed by atoms with E-state index >= 15 is 0 Å². The van der Waals surface area contributed by atoms with Crippen LogP contribution in [0.4, 0.5) is 5.69 Å². The van der Waals surface area contributed by atoms with Gasteiger partial charge in [-0.1, -0.05) is 36.4 Å². The first-order valence-corrected chi connectivity index (χ1v) is 10.5. The van der Waals surface area contributed by atoms with Crippen LogP contribution in [-0.2, 0) is 24.8 Å². The molecule has 0 radical (unpaired) electrons. The van der Waals surface area contributed by atoms with Crippen LogP contribution in [0.5, 0.6) is 0 Å². The SMILES string of the molecule is Cc1cccc2c1[C@@]1(CC2)CCc2cccc(NCc3cccc(Br)n3)c21. The summed E-state index contributed by atoms with van der Waals surface area (Å²) < 4.78 is 0.886. The molecule has 136 valence electrons.